The number of rotatable bonds is 2. The standard InChI is InChI=1S/C11H8BrNO3/c12-6-1-2-8-7(5-6)13-9(16-8)11(3-4-11)10(14)15/h1-2,5H,3-4H2,(H,14,15). The molecule has 1 heterocycles. The zero-order chi connectivity index (χ0) is 11.3. The first-order chi connectivity index (χ1) is 7.62. The summed E-state index contributed by atoms with van der Waals surface area (Å²) in [4.78, 5) is 15.4. The molecule has 0 unspecified atom stereocenters. The molecule has 1 N–H and O–H groups in total. The Morgan fingerprint density at radius 2 is 2.25 bits per heavy atom. The van der Waals surface area contributed by atoms with Crippen LogP contribution in [0.2, 0.25) is 0 Å². The monoisotopic (exact) mass is 281 g/mol. The lowest BCUT2D eigenvalue weighted by Crippen LogP contribution is -2.19. The summed E-state index contributed by atoms with van der Waals surface area (Å²) in [5.74, 6) is -0.522. The van der Waals surface area contributed by atoms with Gasteiger partial charge in [0.1, 0.15) is 10.9 Å². The molecule has 82 valence electrons. The van der Waals surface area contributed by atoms with E-state index in [1.54, 1.807) is 6.07 Å². The van der Waals surface area contributed by atoms with Crippen LogP contribution >= 0.6 is 15.9 Å². The van der Waals surface area contributed by atoms with Crippen molar-refractivity contribution in [1.82, 2.24) is 4.98 Å². The highest BCUT2D eigenvalue weighted by Crippen LogP contribution is 2.48. The third-order valence-corrected chi connectivity index (χ3v) is 3.41. The second-order valence-corrected chi connectivity index (χ2v) is 4.93. The molecule has 1 aromatic carbocycles. The SMILES string of the molecule is O=C(O)C1(c2nc3cc(Br)ccc3o2)CC1. The van der Waals surface area contributed by atoms with Gasteiger partial charge in [-0.1, -0.05) is 15.9 Å². The normalized spacial score (nSPS) is 17.6. The van der Waals surface area contributed by atoms with Gasteiger partial charge in [0.15, 0.2) is 5.58 Å². The van der Waals surface area contributed by atoms with E-state index in [1.807, 2.05) is 12.1 Å². The fourth-order valence-corrected chi connectivity index (χ4v) is 2.10. The lowest BCUT2D eigenvalue weighted by Gasteiger charge is -2.01. The Hall–Kier alpha value is -1.36. The van der Waals surface area contributed by atoms with Gasteiger partial charge >= 0.3 is 5.97 Å². The van der Waals surface area contributed by atoms with Crippen molar-refractivity contribution in [3.05, 3.63) is 28.6 Å². The number of carboxylic acids is 1. The highest BCUT2D eigenvalue weighted by atomic mass is 79.9. The molecule has 0 saturated heterocycles. The molecule has 2 aromatic rings. The number of halogens is 1. The van der Waals surface area contributed by atoms with Gasteiger partial charge in [0.25, 0.3) is 0 Å². The number of aromatic nitrogens is 1. The van der Waals surface area contributed by atoms with Crippen LogP contribution in [-0.4, -0.2) is 16.1 Å². The number of fused-ring (bicyclic) bond motifs is 1. The predicted molar refractivity (Wildman–Crippen MR) is 60.3 cm³/mol. The summed E-state index contributed by atoms with van der Waals surface area (Å²) in [5.41, 5.74) is 0.452. The molecule has 0 bridgehead atoms. The van der Waals surface area contributed by atoms with Crippen molar-refractivity contribution in [3.63, 3.8) is 0 Å². The highest BCUT2D eigenvalue weighted by molar-refractivity contribution is 9.10. The fraction of sp³-hybridized carbons (Fsp3) is 0.273. The summed E-state index contributed by atoms with van der Waals surface area (Å²) < 4.78 is 6.40. The number of nitrogens with zero attached hydrogens (tertiary/aromatic N) is 1. The van der Waals surface area contributed by atoms with Gasteiger partial charge in [-0.2, -0.15) is 0 Å². The molecule has 0 amide bonds. The van der Waals surface area contributed by atoms with Crippen LogP contribution in [0.1, 0.15) is 18.7 Å². The number of hydrogen-bond donors (Lipinski definition) is 1. The van der Waals surface area contributed by atoms with Gasteiger partial charge in [-0.15, -0.1) is 0 Å². The van der Waals surface area contributed by atoms with E-state index in [2.05, 4.69) is 20.9 Å². The molecule has 1 aliphatic carbocycles. The first kappa shape index (κ1) is 9.84. The first-order valence-corrected chi connectivity index (χ1v) is 5.71. The average Bonchev–Trinajstić information content (AvgIpc) is 2.94. The van der Waals surface area contributed by atoms with E-state index in [0.717, 1.165) is 4.47 Å². The smallest absolute Gasteiger partial charge is 0.319 e. The van der Waals surface area contributed by atoms with Crippen molar-refractivity contribution in [2.24, 2.45) is 0 Å². The number of hydrogen-bond acceptors (Lipinski definition) is 3. The number of benzene rings is 1. The second-order valence-electron chi connectivity index (χ2n) is 4.02. The van der Waals surface area contributed by atoms with Crippen LogP contribution in [0.5, 0.6) is 0 Å². The van der Waals surface area contributed by atoms with Gasteiger partial charge in [0, 0.05) is 4.47 Å². The summed E-state index contributed by atoms with van der Waals surface area (Å²) in [6.45, 7) is 0. The molecule has 3 rings (SSSR count). The molecular formula is C11H8BrNO3. The number of carbonyl (C=O) groups is 1. The van der Waals surface area contributed by atoms with Crippen LogP contribution in [0.25, 0.3) is 11.1 Å². The maximum Gasteiger partial charge on any atom is 0.319 e. The molecule has 1 aliphatic rings. The number of oxazole rings is 1. The third kappa shape index (κ3) is 1.28. The van der Waals surface area contributed by atoms with E-state index in [4.69, 9.17) is 9.52 Å². The zero-order valence-corrected chi connectivity index (χ0v) is 9.82. The third-order valence-electron chi connectivity index (χ3n) is 2.92. The van der Waals surface area contributed by atoms with E-state index in [0.29, 0.717) is 29.8 Å². The molecule has 16 heavy (non-hydrogen) atoms. The van der Waals surface area contributed by atoms with Crippen LogP contribution < -0.4 is 0 Å². The summed E-state index contributed by atoms with van der Waals surface area (Å²) in [6, 6.07) is 5.45. The summed E-state index contributed by atoms with van der Waals surface area (Å²) in [7, 11) is 0. The van der Waals surface area contributed by atoms with Crippen molar-refractivity contribution < 1.29 is 14.3 Å². The molecule has 1 saturated carbocycles. The quantitative estimate of drug-likeness (QED) is 0.919. The average molecular weight is 282 g/mol. The highest BCUT2D eigenvalue weighted by Gasteiger charge is 2.56. The predicted octanol–water partition coefficient (Wildman–Crippen LogP) is 2.71. The summed E-state index contributed by atoms with van der Waals surface area (Å²) in [5, 5.41) is 9.13. The number of carboxylic acid groups (broad SMARTS) is 1. The van der Waals surface area contributed by atoms with Gasteiger partial charge in [-0.05, 0) is 31.0 Å². The summed E-state index contributed by atoms with van der Waals surface area (Å²) >= 11 is 3.34. The van der Waals surface area contributed by atoms with Gasteiger partial charge in [-0.3, -0.25) is 4.79 Å². The maximum absolute atomic E-state index is 11.1. The molecule has 0 aliphatic heterocycles. The zero-order valence-electron chi connectivity index (χ0n) is 8.24. The van der Waals surface area contributed by atoms with Crippen LogP contribution in [0.4, 0.5) is 0 Å². The van der Waals surface area contributed by atoms with Gasteiger partial charge in [0.05, 0.1) is 0 Å². The molecular weight excluding hydrogens is 274 g/mol. The Balaban J connectivity index is 2.16. The Kier molecular flexibility index (Phi) is 1.89. The van der Waals surface area contributed by atoms with Crippen molar-refractivity contribution in [3.8, 4) is 0 Å². The minimum absolute atomic E-state index is 0.327. The fourth-order valence-electron chi connectivity index (χ4n) is 1.75. The molecule has 5 heteroatoms. The van der Waals surface area contributed by atoms with Gasteiger partial charge in [0.2, 0.25) is 5.89 Å². The largest absolute Gasteiger partial charge is 0.480 e. The minimum atomic E-state index is -0.870. The van der Waals surface area contributed by atoms with Crippen molar-refractivity contribution in [2.45, 2.75) is 18.3 Å². The van der Waals surface area contributed by atoms with E-state index in [-0.39, 0.29) is 0 Å². The molecule has 0 atom stereocenters. The van der Waals surface area contributed by atoms with E-state index in [9.17, 15) is 4.79 Å². The van der Waals surface area contributed by atoms with Gasteiger partial charge in [-0.25, -0.2) is 4.98 Å². The topological polar surface area (TPSA) is 63.3 Å². The number of aliphatic carboxylic acids is 1. The van der Waals surface area contributed by atoms with Crippen LogP contribution in [0, 0.1) is 0 Å². The Morgan fingerprint density at radius 3 is 2.88 bits per heavy atom. The van der Waals surface area contributed by atoms with Crippen LogP contribution in [0.15, 0.2) is 27.1 Å². The molecule has 0 radical (unpaired) electrons. The molecule has 4 nitrogen and oxygen atoms in total. The Bertz CT molecular complexity index is 586. The van der Waals surface area contributed by atoms with E-state index < -0.39 is 11.4 Å². The van der Waals surface area contributed by atoms with E-state index in [1.165, 1.54) is 0 Å². The first-order valence-electron chi connectivity index (χ1n) is 4.92. The molecule has 0 spiro atoms. The molecule has 1 fully saturated rings. The van der Waals surface area contributed by atoms with E-state index >= 15 is 0 Å². The van der Waals surface area contributed by atoms with Crippen molar-refractivity contribution in [1.29, 1.82) is 0 Å². The van der Waals surface area contributed by atoms with Crippen molar-refractivity contribution >= 4 is 33.0 Å². The van der Waals surface area contributed by atoms with Crippen LogP contribution in [0.3, 0.4) is 0 Å². The minimum Gasteiger partial charge on any atom is -0.480 e. The second kappa shape index (κ2) is 3.07. The lowest BCUT2D eigenvalue weighted by molar-refractivity contribution is -0.140. The van der Waals surface area contributed by atoms with Crippen molar-refractivity contribution in [2.75, 3.05) is 0 Å². The van der Waals surface area contributed by atoms with Gasteiger partial charge < -0.3 is 9.52 Å². The Labute approximate surface area is 99.4 Å². The Morgan fingerprint density at radius 1 is 1.50 bits per heavy atom. The maximum atomic E-state index is 11.1. The molecule has 1 aromatic heterocycles. The summed E-state index contributed by atoms with van der Waals surface area (Å²) in [6.07, 6.45) is 1.21. The van der Waals surface area contributed by atoms with Crippen LogP contribution in [-0.2, 0) is 10.2 Å². The lowest BCUT2D eigenvalue weighted by atomic mass is 10.1.